The van der Waals surface area contributed by atoms with Gasteiger partial charge in [0.1, 0.15) is 5.60 Å². The normalized spacial score (nSPS) is 19.2. The Labute approximate surface area is 157 Å². The molecule has 0 saturated carbocycles. The third-order valence-corrected chi connectivity index (χ3v) is 5.71. The van der Waals surface area contributed by atoms with E-state index in [0.29, 0.717) is 18.3 Å². The Hall–Kier alpha value is -1.84. The lowest BCUT2D eigenvalue weighted by molar-refractivity contribution is -0.137. The third-order valence-electron chi connectivity index (χ3n) is 5.71. The van der Waals surface area contributed by atoms with Crippen LogP contribution < -0.4 is 0 Å². The molecule has 1 amide bonds. The van der Waals surface area contributed by atoms with Crippen molar-refractivity contribution in [2.24, 2.45) is 11.1 Å². The van der Waals surface area contributed by atoms with E-state index in [1.807, 2.05) is 4.90 Å². The first-order chi connectivity index (χ1) is 12.4. The van der Waals surface area contributed by atoms with Crippen molar-refractivity contribution in [3.63, 3.8) is 0 Å². The highest BCUT2D eigenvalue weighted by atomic mass is 16.7. The van der Waals surface area contributed by atoms with Crippen LogP contribution in [0.3, 0.4) is 0 Å². The molecule has 0 bridgehead atoms. The number of hydrogen-bond donors (Lipinski definition) is 0. The van der Waals surface area contributed by atoms with E-state index in [-0.39, 0.29) is 11.5 Å². The van der Waals surface area contributed by atoms with Crippen LogP contribution in [-0.2, 0) is 9.63 Å². The second-order valence-electron chi connectivity index (χ2n) is 8.58. The number of nitrogens with zero attached hydrogens (tertiary/aromatic N) is 2. The SMILES string of the molecule is CC(C)CCC(=O)N1CCC2(CC1)CC(c1ccc(C(C)C)cc1)=NO2. The number of benzene rings is 1. The number of likely N-dealkylation sites (tertiary alicyclic amines) is 1. The van der Waals surface area contributed by atoms with Gasteiger partial charge in [-0.15, -0.1) is 0 Å². The molecule has 26 heavy (non-hydrogen) atoms. The van der Waals surface area contributed by atoms with Crippen LogP contribution in [0, 0.1) is 5.92 Å². The standard InChI is InChI=1S/C22H32N2O2/c1-16(2)5-10-21(25)24-13-11-22(12-14-24)15-20(23-26-22)19-8-6-18(7-9-19)17(3)4/h6-9,16-17H,5,10-15H2,1-4H3. The Bertz CT molecular complexity index is 653. The Kier molecular flexibility index (Phi) is 5.69. The smallest absolute Gasteiger partial charge is 0.222 e. The summed E-state index contributed by atoms with van der Waals surface area (Å²) in [6.07, 6.45) is 4.23. The van der Waals surface area contributed by atoms with E-state index in [1.165, 1.54) is 5.56 Å². The molecular weight excluding hydrogens is 324 g/mol. The van der Waals surface area contributed by atoms with Crippen molar-refractivity contribution in [1.29, 1.82) is 0 Å². The van der Waals surface area contributed by atoms with E-state index in [2.05, 4.69) is 57.1 Å². The zero-order valence-electron chi connectivity index (χ0n) is 16.6. The van der Waals surface area contributed by atoms with Crippen LogP contribution in [-0.4, -0.2) is 35.2 Å². The summed E-state index contributed by atoms with van der Waals surface area (Å²) >= 11 is 0. The molecule has 4 heteroatoms. The van der Waals surface area contributed by atoms with Crippen LogP contribution in [0.2, 0.25) is 0 Å². The van der Waals surface area contributed by atoms with Crippen LogP contribution in [0.15, 0.2) is 29.4 Å². The van der Waals surface area contributed by atoms with Gasteiger partial charge in [-0.2, -0.15) is 0 Å². The molecule has 0 atom stereocenters. The number of piperidine rings is 1. The number of carbonyl (C=O) groups is 1. The van der Waals surface area contributed by atoms with Gasteiger partial charge in [0.15, 0.2) is 0 Å². The van der Waals surface area contributed by atoms with E-state index >= 15 is 0 Å². The lowest BCUT2D eigenvalue weighted by atomic mass is 9.85. The second kappa shape index (κ2) is 7.81. The van der Waals surface area contributed by atoms with Crippen LogP contribution in [0.5, 0.6) is 0 Å². The van der Waals surface area contributed by atoms with Gasteiger partial charge in [0.05, 0.1) is 5.71 Å². The van der Waals surface area contributed by atoms with Crippen molar-refractivity contribution in [2.45, 2.75) is 71.3 Å². The Balaban J connectivity index is 1.54. The fourth-order valence-corrected chi connectivity index (χ4v) is 3.74. The quantitative estimate of drug-likeness (QED) is 0.765. The summed E-state index contributed by atoms with van der Waals surface area (Å²) in [6, 6.07) is 8.68. The molecule has 2 aliphatic heterocycles. The fourth-order valence-electron chi connectivity index (χ4n) is 3.74. The molecule has 0 unspecified atom stereocenters. The molecule has 1 fully saturated rings. The molecule has 142 valence electrons. The highest BCUT2D eigenvalue weighted by molar-refractivity contribution is 6.01. The number of amides is 1. The number of rotatable bonds is 5. The van der Waals surface area contributed by atoms with E-state index in [9.17, 15) is 4.79 Å². The minimum absolute atomic E-state index is 0.207. The molecule has 2 heterocycles. The van der Waals surface area contributed by atoms with Crippen molar-refractivity contribution >= 4 is 11.6 Å². The fraction of sp³-hybridized carbons (Fsp3) is 0.636. The number of hydrogen-bond acceptors (Lipinski definition) is 3. The summed E-state index contributed by atoms with van der Waals surface area (Å²) in [6.45, 7) is 10.3. The van der Waals surface area contributed by atoms with Crippen molar-refractivity contribution < 1.29 is 9.63 Å². The van der Waals surface area contributed by atoms with Crippen LogP contribution in [0.25, 0.3) is 0 Å². The van der Waals surface area contributed by atoms with Crippen molar-refractivity contribution in [1.82, 2.24) is 4.90 Å². The van der Waals surface area contributed by atoms with Crippen molar-refractivity contribution in [2.75, 3.05) is 13.1 Å². The predicted molar refractivity (Wildman–Crippen MR) is 105 cm³/mol. The molecular formula is C22H32N2O2. The summed E-state index contributed by atoms with van der Waals surface area (Å²) in [5, 5.41) is 4.40. The molecule has 1 saturated heterocycles. The number of oxime groups is 1. The molecule has 0 N–H and O–H groups in total. The molecule has 0 aromatic heterocycles. The van der Waals surface area contributed by atoms with E-state index in [1.54, 1.807) is 0 Å². The van der Waals surface area contributed by atoms with Gasteiger partial charge in [0.25, 0.3) is 0 Å². The maximum atomic E-state index is 12.3. The second-order valence-corrected chi connectivity index (χ2v) is 8.58. The van der Waals surface area contributed by atoms with Crippen LogP contribution in [0.4, 0.5) is 0 Å². The van der Waals surface area contributed by atoms with Gasteiger partial charge in [-0.25, -0.2) is 0 Å². The highest BCUT2D eigenvalue weighted by Gasteiger charge is 2.43. The molecule has 4 nitrogen and oxygen atoms in total. The van der Waals surface area contributed by atoms with Crippen LogP contribution in [0.1, 0.15) is 76.8 Å². The first kappa shape index (κ1) is 18.9. The maximum Gasteiger partial charge on any atom is 0.222 e. The average Bonchev–Trinajstić information content (AvgIpc) is 3.04. The van der Waals surface area contributed by atoms with Gasteiger partial charge in [-0.3, -0.25) is 4.79 Å². The van der Waals surface area contributed by atoms with E-state index in [0.717, 1.165) is 50.0 Å². The topological polar surface area (TPSA) is 41.9 Å². The van der Waals surface area contributed by atoms with E-state index < -0.39 is 0 Å². The molecule has 1 aromatic carbocycles. The Morgan fingerprint density at radius 1 is 1.15 bits per heavy atom. The number of carbonyl (C=O) groups excluding carboxylic acids is 1. The molecule has 3 rings (SSSR count). The molecule has 2 aliphatic rings. The van der Waals surface area contributed by atoms with Gasteiger partial charge >= 0.3 is 0 Å². The van der Waals surface area contributed by atoms with Gasteiger partial charge in [0.2, 0.25) is 5.91 Å². The molecule has 1 aromatic rings. The maximum absolute atomic E-state index is 12.3. The van der Waals surface area contributed by atoms with Gasteiger partial charge in [0, 0.05) is 38.8 Å². The molecule has 0 aliphatic carbocycles. The minimum atomic E-state index is -0.207. The van der Waals surface area contributed by atoms with Crippen molar-refractivity contribution in [3.05, 3.63) is 35.4 Å². The summed E-state index contributed by atoms with van der Waals surface area (Å²) < 4.78 is 0. The lowest BCUT2D eigenvalue weighted by Gasteiger charge is -2.37. The summed E-state index contributed by atoms with van der Waals surface area (Å²) in [5.74, 6) is 1.40. The summed E-state index contributed by atoms with van der Waals surface area (Å²) in [5.41, 5.74) is 3.33. The third kappa shape index (κ3) is 4.28. The lowest BCUT2D eigenvalue weighted by Crippen LogP contribution is -2.46. The largest absolute Gasteiger partial charge is 0.388 e. The van der Waals surface area contributed by atoms with E-state index in [4.69, 9.17) is 4.84 Å². The van der Waals surface area contributed by atoms with Gasteiger partial charge in [-0.05, 0) is 29.4 Å². The average molecular weight is 357 g/mol. The predicted octanol–water partition coefficient (Wildman–Crippen LogP) is 4.73. The first-order valence-corrected chi connectivity index (χ1v) is 10.0. The van der Waals surface area contributed by atoms with Crippen LogP contribution >= 0.6 is 0 Å². The zero-order chi connectivity index (χ0) is 18.7. The van der Waals surface area contributed by atoms with Gasteiger partial charge < -0.3 is 9.74 Å². The Morgan fingerprint density at radius 2 is 1.81 bits per heavy atom. The minimum Gasteiger partial charge on any atom is -0.388 e. The van der Waals surface area contributed by atoms with Gasteiger partial charge in [-0.1, -0.05) is 57.1 Å². The summed E-state index contributed by atoms with van der Waals surface area (Å²) in [4.78, 5) is 20.2. The summed E-state index contributed by atoms with van der Waals surface area (Å²) in [7, 11) is 0. The molecule has 1 spiro atoms. The molecule has 0 radical (unpaired) electrons. The van der Waals surface area contributed by atoms with Crippen molar-refractivity contribution in [3.8, 4) is 0 Å². The first-order valence-electron chi connectivity index (χ1n) is 10.0. The Morgan fingerprint density at radius 3 is 2.38 bits per heavy atom. The monoisotopic (exact) mass is 356 g/mol. The highest BCUT2D eigenvalue weighted by Crippen LogP contribution is 2.36. The zero-order valence-corrected chi connectivity index (χ0v) is 16.6.